The fourth-order valence-corrected chi connectivity index (χ4v) is 1.85. The van der Waals surface area contributed by atoms with Crippen LogP contribution in [0.2, 0.25) is 0 Å². The molecule has 3 N–H and O–H groups in total. The lowest BCUT2D eigenvalue weighted by Gasteiger charge is -2.07. The maximum Gasteiger partial charge on any atom is 0.245 e. The molecule has 0 aliphatic heterocycles. The number of aryl methyl sites for hydroxylation is 1. The number of nitrogens with one attached hydrogen (secondary N) is 3. The molecule has 0 fully saturated rings. The van der Waals surface area contributed by atoms with Crippen molar-refractivity contribution in [1.29, 1.82) is 0 Å². The third kappa shape index (κ3) is 2.91. The van der Waals surface area contributed by atoms with Gasteiger partial charge in [-0.2, -0.15) is 15.0 Å². The lowest BCUT2D eigenvalue weighted by Crippen LogP contribution is -2.08. The first-order chi connectivity index (χ1) is 10.3. The summed E-state index contributed by atoms with van der Waals surface area (Å²) in [6.45, 7) is 5.05. The fraction of sp³-hybridized carbons (Fsp3) is 0.417. The first kappa shape index (κ1) is 13.3. The average molecular weight is 288 g/mol. The Bertz CT molecular complexity index is 734. The molecule has 0 amide bonds. The predicted molar refractivity (Wildman–Crippen MR) is 76.8 cm³/mol. The van der Waals surface area contributed by atoms with E-state index in [-0.39, 0.29) is 0 Å². The van der Waals surface area contributed by atoms with Gasteiger partial charge in [0, 0.05) is 6.54 Å². The molecule has 0 spiro atoms. The van der Waals surface area contributed by atoms with Gasteiger partial charge >= 0.3 is 0 Å². The van der Waals surface area contributed by atoms with Gasteiger partial charge in [0.15, 0.2) is 17.3 Å². The van der Waals surface area contributed by atoms with Crippen molar-refractivity contribution >= 4 is 22.9 Å². The first-order valence-electron chi connectivity index (χ1n) is 6.74. The van der Waals surface area contributed by atoms with E-state index >= 15 is 0 Å². The van der Waals surface area contributed by atoms with Gasteiger partial charge < -0.3 is 20.1 Å². The van der Waals surface area contributed by atoms with E-state index in [2.05, 4.69) is 47.6 Å². The smallest absolute Gasteiger partial charge is 0.245 e. The molecule has 9 heteroatoms. The highest BCUT2D eigenvalue weighted by molar-refractivity contribution is 5.83. The second kappa shape index (κ2) is 5.73. The van der Waals surface area contributed by atoms with Gasteiger partial charge in [-0.15, -0.1) is 0 Å². The monoisotopic (exact) mass is 288 g/mol. The van der Waals surface area contributed by atoms with E-state index < -0.39 is 0 Å². The number of anilines is 2. The molecule has 0 aliphatic rings. The minimum absolute atomic E-state index is 0.388. The summed E-state index contributed by atoms with van der Waals surface area (Å²) in [6.07, 6.45) is 2.58. The van der Waals surface area contributed by atoms with Crippen LogP contribution in [0.4, 0.5) is 11.8 Å². The van der Waals surface area contributed by atoms with E-state index in [1.807, 2.05) is 0 Å². The van der Waals surface area contributed by atoms with Crippen LogP contribution in [-0.4, -0.2) is 36.6 Å². The molecule has 0 saturated carbocycles. The normalized spacial score (nSPS) is 11.0. The zero-order valence-corrected chi connectivity index (χ0v) is 11.8. The average Bonchev–Trinajstić information content (AvgIpc) is 3.11. The van der Waals surface area contributed by atoms with E-state index in [9.17, 15) is 0 Å². The van der Waals surface area contributed by atoms with Crippen LogP contribution in [0.3, 0.4) is 0 Å². The minimum Gasteiger partial charge on any atom is -0.359 e. The van der Waals surface area contributed by atoms with Crippen LogP contribution in [-0.2, 0) is 6.54 Å². The lowest BCUT2D eigenvalue weighted by molar-refractivity contribution is 0.379. The topological polar surface area (TPSA) is 117 Å². The Balaban J connectivity index is 1.83. The molecule has 0 radical (unpaired) electrons. The zero-order valence-electron chi connectivity index (χ0n) is 11.8. The molecule has 0 bridgehead atoms. The van der Waals surface area contributed by atoms with Crippen LogP contribution in [0.5, 0.6) is 0 Å². The van der Waals surface area contributed by atoms with Gasteiger partial charge in [-0.25, -0.2) is 4.98 Å². The van der Waals surface area contributed by atoms with Crippen LogP contribution >= 0.6 is 0 Å². The van der Waals surface area contributed by atoms with Crippen molar-refractivity contribution in [2.75, 3.05) is 17.2 Å². The molecule has 0 aromatic carbocycles. The maximum absolute atomic E-state index is 5.07. The van der Waals surface area contributed by atoms with Crippen LogP contribution in [0.15, 0.2) is 10.9 Å². The second-order valence-corrected chi connectivity index (χ2v) is 4.51. The van der Waals surface area contributed by atoms with Gasteiger partial charge in [0.05, 0.1) is 12.9 Å². The van der Waals surface area contributed by atoms with E-state index in [4.69, 9.17) is 4.52 Å². The molecule has 110 valence electrons. The standard InChI is InChI=1S/C12H16N8O/c1-3-4-13-12-18-10(9-11(19-12)16-6-15-9)14-5-8-17-7(2)20-21-8/h6H,3-5H2,1-2H3,(H3,13,14,15,16,18,19). The maximum atomic E-state index is 5.07. The Hall–Kier alpha value is -2.71. The molecular formula is C12H16N8O. The molecule has 3 aromatic heterocycles. The molecule has 0 unspecified atom stereocenters. The fourth-order valence-electron chi connectivity index (χ4n) is 1.85. The Labute approximate surface area is 120 Å². The lowest BCUT2D eigenvalue weighted by atomic mass is 10.4. The van der Waals surface area contributed by atoms with Gasteiger partial charge in [-0.05, 0) is 13.3 Å². The van der Waals surface area contributed by atoms with Crippen molar-refractivity contribution in [3.63, 3.8) is 0 Å². The summed E-state index contributed by atoms with van der Waals surface area (Å²) >= 11 is 0. The van der Waals surface area contributed by atoms with Crippen LogP contribution in [0, 0.1) is 6.92 Å². The summed E-state index contributed by atoms with van der Waals surface area (Å²) < 4.78 is 5.07. The van der Waals surface area contributed by atoms with Crippen molar-refractivity contribution in [3.8, 4) is 0 Å². The van der Waals surface area contributed by atoms with Gasteiger partial charge in [-0.1, -0.05) is 12.1 Å². The molecular weight excluding hydrogens is 272 g/mol. The number of nitrogens with zero attached hydrogens (tertiary/aromatic N) is 5. The Kier molecular flexibility index (Phi) is 3.63. The molecule has 0 atom stereocenters. The molecule has 0 aliphatic carbocycles. The molecule has 21 heavy (non-hydrogen) atoms. The van der Waals surface area contributed by atoms with Crippen LogP contribution < -0.4 is 10.6 Å². The summed E-state index contributed by atoms with van der Waals surface area (Å²) in [5.41, 5.74) is 1.35. The number of rotatable bonds is 6. The molecule has 3 rings (SSSR count). The SMILES string of the molecule is CCCNc1nc(NCc2nc(C)no2)c2[nH]cnc2n1. The minimum atomic E-state index is 0.388. The van der Waals surface area contributed by atoms with E-state index in [1.54, 1.807) is 13.3 Å². The second-order valence-electron chi connectivity index (χ2n) is 4.51. The van der Waals surface area contributed by atoms with Crippen LogP contribution in [0.1, 0.15) is 25.1 Å². The molecule has 0 saturated heterocycles. The number of fused-ring (bicyclic) bond motifs is 1. The summed E-state index contributed by atoms with van der Waals surface area (Å²) in [6, 6.07) is 0. The third-order valence-corrected chi connectivity index (χ3v) is 2.80. The van der Waals surface area contributed by atoms with Gasteiger partial charge in [0.25, 0.3) is 0 Å². The van der Waals surface area contributed by atoms with Crippen molar-refractivity contribution in [2.24, 2.45) is 0 Å². The number of hydrogen-bond donors (Lipinski definition) is 3. The number of aromatic amines is 1. The first-order valence-corrected chi connectivity index (χ1v) is 6.74. The largest absolute Gasteiger partial charge is 0.359 e. The van der Waals surface area contributed by atoms with Crippen LogP contribution in [0.25, 0.3) is 11.2 Å². The highest BCUT2D eigenvalue weighted by atomic mass is 16.5. The Morgan fingerprint density at radius 1 is 1.24 bits per heavy atom. The van der Waals surface area contributed by atoms with E-state index in [0.29, 0.717) is 35.7 Å². The number of imidazole rings is 1. The third-order valence-electron chi connectivity index (χ3n) is 2.80. The summed E-state index contributed by atoms with van der Waals surface area (Å²) in [5, 5.41) is 10.1. The predicted octanol–water partition coefficient (Wildman–Crippen LogP) is 1.48. The number of aromatic nitrogens is 6. The highest BCUT2D eigenvalue weighted by Crippen LogP contribution is 2.19. The van der Waals surface area contributed by atoms with Crippen molar-refractivity contribution in [3.05, 3.63) is 18.0 Å². The summed E-state index contributed by atoms with van der Waals surface area (Å²) in [7, 11) is 0. The number of hydrogen-bond acceptors (Lipinski definition) is 8. The van der Waals surface area contributed by atoms with E-state index in [1.165, 1.54) is 0 Å². The molecule has 3 heterocycles. The molecule has 3 aromatic rings. The highest BCUT2D eigenvalue weighted by Gasteiger charge is 2.11. The zero-order chi connectivity index (χ0) is 14.7. The van der Waals surface area contributed by atoms with E-state index in [0.717, 1.165) is 18.5 Å². The van der Waals surface area contributed by atoms with Crippen molar-refractivity contribution in [1.82, 2.24) is 30.1 Å². The van der Waals surface area contributed by atoms with Gasteiger partial charge in [0.2, 0.25) is 11.8 Å². The summed E-state index contributed by atoms with van der Waals surface area (Å²) in [4.78, 5) is 20.1. The Morgan fingerprint density at radius 3 is 2.90 bits per heavy atom. The van der Waals surface area contributed by atoms with Gasteiger partial charge in [-0.3, -0.25) is 0 Å². The van der Waals surface area contributed by atoms with Crippen molar-refractivity contribution in [2.45, 2.75) is 26.8 Å². The quantitative estimate of drug-likeness (QED) is 0.624. The molecule has 9 nitrogen and oxygen atoms in total. The Morgan fingerprint density at radius 2 is 2.14 bits per heavy atom. The summed E-state index contributed by atoms with van der Waals surface area (Å²) in [5.74, 6) is 2.29. The van der Waals surface area contributed by atoms with Crippen molar-refractivity contribution < 1.29 is 4.52 Å². The van der Waals surface area contributed by atoms with Gasteiger partial charge in [0.1, 0.15) is 5.52 Å². The number of H-pyrrole nitrogens is 1.